The van der Waals surface area contributed by atoms with Gasteiger partial charge in [0.2, 0.25) is 0 Å². The smallest absolute Gasteiger partial charge is 0.279 e. The lowest BCUT2D eigenvalue weighted by atomic mass is 9.65. The van der Waals surface area contributed by atoms with E-state index in [-0.39, 0.29) is 17.9 Å². The average Bonchev–Trinajstić information content (AvgIpc) is 3.38. The van der Waals surface area contributed by atoms with E-state index in [0.29, 0.717) is 31.2 Å². The fraction of sp³-hybridized carbons (Fsp3) is 0.393. The van der Waals surface area contributed by atoms with Crippen molar-refractivity contribution in [2.45, 2.75) is 51.2 Å². The second-order valence-electron chi connectivity index (χ2n) is 10.6. The van der Waals surface area contributed by atoms with Gasteiger partial charge in [-0.15, -0.1) is 0 Å². The molecule has 0 bridgehead atoms. The van der Waals surface area contributed by atoms with E-state index in [2.05, 4.69) is 22.8 Å². The summed E-state index contributed by atoms with van der Waals surface area (Å²) in [4.78, 5) is 0. The Hall–Kier alpha value is -2.92. The van der Waals surface area contributed by atoms with Crippen LogP contribution in [0.1, 0.15) is 48.6 Å². The third kappa shape index (κ3) is 4.59. The maximum Gasteiger partial charge on any atom is 0.279 e. The molecule has 1 saturated carbocycles. The molecule has 0 amide bonds. The molecular formula is C28H32F2N4O3S. The Balaban J connectivity index is 1.37. The minimum atomic E-state index is -3.71. The van der Waals surface area contributed by atoms with Crippen LogP contribution in [-0.4, -0.2) is 47.3 Å². The summed E-state index contributed by atoms with van der Waals surface area (Å²) in [6.45, 7) is 1.90. The lowest BCUT2D eigenvalue weighted by molar-refractivity contribution is -0.0462. The minimum Gasteiger partial charge on any atom is -0.389 e. The fourth-order valence-electron chi connectivity index (χ4n) is 5.79. The van der Waals surface area contributed by atoms with Crippen molar-refractivity contribution >= 4 is 16.3 Å². The molecule has 10 heteroatoms. The second-order valence-corrected chi connectivity index (χ2v) is 12.6. The third-order valence-electron chi connectivity index (χ3n) is 8.29. The Bertz CT molecular complexity index is 1500. The second kappa shape index (κ2) is 9.68. The van der Waals surface area contributed by atoms with E-state index >= 15 is 0 Å². The Labute approximate surface area is 222 Å². The molecule has 1 heterocycles. The molecule has 2 N–H and O–H groups in total. The molecule has 0 spiro atoms. The van der Waals surface area contributed by atoms with Gasteiger partial charge in [-0.05, 0) is 79.6 Å². The average molecular weight is 543 g/mol. The summed E-state index contributed by atoms with van der Waals surface area (Å²) in [7, 11) is -0.898. The highest BCUT2D eigenvalue weighted by atomic mass is 32.2. The van der Waals surface area contributed by atoms with E-state index in [4.69, 9.17) is 0 Å². The van der Waals surface area contributed by atoms with Gasteiger partial charge in [-0.3, -0.25) is 0 Å². The van der Waals surface area contributed by atoms with Crippen LogP contribution in [0.15, 0.2) is 54.2 Å². The molecular weight excluding hydrogens is 510 g/mol. The van der Waals surface area contributed by atoms with Crippen molar-refractivity contribution in [3.8, 4) is 5.69 Å². The molecule has 2 aliphatic rings. The van der Waals surface area contributed by atoms with Gasteiger partial charge in [-0.2, -0.15) is 22.5 Å². The van der Waals surface area contributed by atoms with Crippen LogP contribution in [0.3, 0.4) is 0 Å². The molecule has 0 unspecified atom stereocenters. The zero-order chi connectivity index (χ0) is 27.3. The summed E-state index contributed by atoms with van der Waals surface area (Å²) in [5, 5.41) is 16.5. The summed E-state index contributed by atoms with van der Waals surface area (Å²) in [5.41, 5.74) is 3.25. The minimum absolute atomic E-state index is 0.171. The first-order chi connectivity index (χ1) is 17.9. The zero-order valence-corrected chi connectivity index (χ0v) is 22.5. The normalized spacial score (nSPS) is 22.9. The van der Waals surface area contributed by atoms with Crippen molar-refractivity contribution in [3.05, 3.63) is 88.3 Å². The maximum atomic E-state index is 14.7. The molecule has 7 nitrogen and oxygen atoms in total. The number of aliphatic hydroxyl groups is 1. The highest BCUT2D eigenvalue weighted by Gasteiger charge is 2.54. The van der Waals surface area contributed by atoms with Crippen molar-refractivity contribution in [2.75, 3.05) is 14.1 Å². The summed E-state index contributed by atoms with van der Waals surface area (Å²) in [6, 6.07) is 10.9. The van der Waals surface area contributed by atoms with E-state index in [0.717, 1.165) is 33.2 Å². The van der Waals surface area contributed by atoms with Crippen molar-refractivity contribution < 1.29 is 22.3 Å². The van der Waals surface area contributed by atoms with Gasteiger partial charge >= 0.3 is 0 Å². The molecule has 0 saturated heterocycles. The number of halogens is 2. The molecule has 0 aliphatic heterocycles. The largest absolute Gasteiger partial charge is 0.389 e. The van der Waals surface area contributed by atoms with Gasteiger partial charge in [0.25, 0.3) is 10.2 Å². The van der Waals surface area contributed by atoms with E-state index < -0.39 is 27.0 Å². The van der Waals surface area contributed by atoms with Crippen molar-refractivity contribution in [2.24, 2.45) is 5.41 Å². The van der Waals surface area contributed by atoms with Crippen LogP contribution in [0.5, 0.6) is 0 Å². The number of hydrogen-bond acceptors (Lipinski definition) is 4. The molecule has 1 aromatic heterocycles. The molecule has 2 aromatic carbocycles. The highest BCUT2D eigenvalue weighted by Crippen LogP contribution is 2.56. The summed E-state index contributed by atoms with van der Waals surface area (Å²) >= 11 is 0. The van der Waals surface area contributed by atoms with Gasteiger partial charge in [-0.1, -0.05) is 24.6 Å². The molecule has 0 radical (unpaired) electrons. The van der Waals surface area contributed by atoms with Crippen LogP contribution in [-0.2, 0) is 29.6 Å². The van der Waals surface area contributed by atoms with Crippen molar-refractivity contribution in [1.29, 1.82) is 0 Å². The van der Waals surface area contributed by atoms with Crippen LogP contribution >= 0.6 is 0 Å². The quantitative estimate of drug-likeness (QED) is 0.448. The third-order valence-corrected chi connectivity index (χ3v) is 9.76. The predicted octanol–water partition coefficient (Wildman–Crippen LogP) is 4.15. The number of nitrogens with zero attached hydrogens (tertiary/aromatic N) is 3. The monoisotopic (exact) mass is 542 g/mol. The fourth-order valence-corrected chi connectivity index (χ4v) is 6.37. The Morgan fingerprint density at radius 3 is 2.61 bits per heavy atom. The topological polar surface area (TPSA) is 87.5 Å². The van der Waals surface area contributed by atoms with Gasteiger partial charge < -0.3 is 5.11 Å². The lowest BCUT2D eigenvalue weighted by Gasteiger charge is -2.42. The van der Waals surface area contributed by atoms with Crippen LogP contribution in [0.25, 0.3) is 11.8 Å². The van der Waals surface area contributed by atoms with Crippen molar-refractivity contribution in [1.82, 2.24) is 18.8 Å². The standard InChI is InChI=1S/C28H32F2N4O3S/c1-27-16-20-17-31-34(23-9-7-22(29)8-10-23)26(20)15-21(27)12-14-28(27,35)13-11-19-5-4-6-25(30)24(19)18-32-38(36,37)33(2)3/h4-10,15,17,32,35H,11-14,16,18H2,1-3H3/t27-,28-/m0/s1. The molecule has 2 atom stereocenters. The number of nitrogens with one attached hydrogen (secondary N) is 1. The summed E-state index contributed by atoms with van der Waals surface area (Å²) < 4.78 is 57.8. The van der Waals surface area contributed by atoms with E-state index in [1.54, 1.807) is 35.1 Å². The molecule has 3 aromatic rings. The number of benzene rings is 2. The summed E-state index contributed by atoms with van der Waals surface area (Å²) in [6.07, 6.45) is 6.59. The summed E-state index contributed by atoms with van der Waals surface area (Å²) in [5.74, 6) is -0.789. The highest BCUT2D eigenvalue weighted by molar-refractivity contribution is 7.87. The maximum absolute atomic E-state index is 14.7. The van der Waals surface area contributed by atoms with Gasteiger partial charge in [0.15, 0.2) is 0 Å². The molecule has 5 rings (SSSR count). The van der Waals surface area contributed by atoms with Crippen molar-refractivity contribution in [3.63, 3.8) is 0 Å². The number of fused-ring (bicyclic) bond motifs is 2. The van der Waals surface area contributed by atoms with Crippen LogP contribution in [0, 0.1) is 17.0 Å². The van der Waals surface area contributed by atoms with Gasteiger partial charge in [0.05, 0.1) is 23.2 Å². The molecule has 202 valence electrons. The van der Waals surface area contributed by atoms with Gasteiger partial charge in [0, 0.05) is 31.6 Å². The van der Waals surface area contributed by atoms with E-state index in [1.165, 1.54) is 32.3 Å². The van der Waals surface area contributed by atoms with Gasteiger partial charge in [0.1, 0.15) is 11.6 Å². The molecule has 1 fully saturated rings. The van der Waals surface area contributed by atoms with E-state index in [9.17, 15) is 22.3 Å². The molecule has 2 aliphatic carbocycles. The Morgan fingerprint density at radius 2 is 1.89 bits per heavy atom. The predicted molar refractivity (Wildman–Crippen MR) is 142 cm³/mol. The number of rotatable bonds is 8. The first-order valence-electron chi connectivity index (χ1n) is 12.6. The Kier molecular flexibility index (Phi) is 6.79. The number of aryl methyl sites for hydroxylation is 1. The number of aromatic nitrogens is 2. The van der Waals surface area contributed by atoms with Gasteiger partial charge in [-0.25, -0.2) is 13.5 Å². The van der Waals surface area contributed by atoms with Crippen LogP contribution in [0.4, 0.5) is 8.78 Å². The first-order valence-corrected chi connectivity index (χ1v) is 14.1. The van der Waals surface area contributed by atoms with Crippen LogP contribution in [0.2, 0.25) is 0 Å². The SMILES string of the molecule is CN(C)S(=O)(=O)NCc1c(F)cccc1CC[C@]1(O)CCC2=Cc3c(cnn3-c3ccc(F)cc3)C[C@@]21C. The zero-order valence-electron chi connectivity index (χ0n) is 21.7. The first kappa shape index (κ1) is 26.7. The lowest BCUT2D eigenvalue weighted by Crippen LogP contribution is -2.45. The molecule has 38 heavy (non-hydrogen) atoms. The Morgan fingerprint density at radius 1 is 1.16 bits per heavy atom. The van der Waals surface area contributed by atoms with Crippen LogP contribution < -0.4 is 4.72 Å². The number of hydrogen-bond donors (Lipinski definition) is 2. The van der Waals surface area contributed by atoms with E-state index in [1.807, 2.05) is 0 Å².